The molecule has 2 aromatic rings. The van der Waals surface area contributed by atoms with Gasteiger partial charge in [0.1, 0.15) is 23.7 Å². The van der Waals surface area contributed by atoms with Crippen molar-refractivity contribution in [3.63, 3.8) is 0 Å². The summed E-state index contributed by atoms with van der Waals surface area (Å²) in [5.41, 5.74) is -4.87. The van der Waals surface area contributed by atoms with Crippen molar-refractivity contribution < 1.29 is 79.5 Å². The molecular weight excluding hydrogens is 927 g/mol. The predicted octanol–water partition coefficient (Wildman–Crippen LogP) is 5.47. The smallest absolute Gasteiger partial charge is 0.411 e. The lowest BCUT2D eigenvalue weighted by molar-refractivity contribution is -0.225. The van der Waals surface area contributed by atoms with Gasteiger partial charge in [0.2, 0.25) is 5.91 Å². The quantitative estimate of drug-likeness (QED) is 0.129. The third kappa shape index (κ3) is 11.2. The molecule has 0 bridgehead atoms. The number of carbonyl (C=O) groups excluding carboxylic acids is 7. The highest BCUT2D eigenvalue weighted by molar-refractivity contribution is 7.59. The average molecular weight is 980 g/mol. The highest BCUT2D eigenvalue weighted by atomic mass is 32.1. The maximum Gasteiger partial charge on any atom is 0.411 e. The van der Waals surface area contributed by atoms with E-state index in [1.165, 1.54) is 4.90 Å². The fraction of sp³-hybridized carbons (Fsp3) is 0.548. The zero-order chi connectivity index (χ0) is 45.5. The zero-order valence-corrected chi connectivity index (χ0v) is 39.4. The first-order valence-electron chi connectivity index (χ1n) is 19.9. The first-order chi connectivity index (χ1) is 29.0. The van der Waals surface area contributed by atoms with Crippen molar-refractivity contribution in [2.45, 2.75) is 95.2 Å². The summed E-state index contributed by atoms with van der Waals surface area (Å²) in [5.74, 6) is -16.3. The van der Waals surface area contributed by atoms with E-state index in [2.05, 4.69) is 10.1 Å². The molecule has 4 aliphatic rings. The van der Waals surface area contributed by atoms with Crippen LogP contribution in [0.15, 0.2) is 36.4 Å². The number of likely N-dealkylation sites (tertiary alicyclic amines) is 2. The van der Waals surface area contributed by atoms with Crippen LogP contribution in [0.3, 0.4) is 0 Å². The number of Topliss-reactive ketones (excluding diaryl/α,β-unsaturated/α-hetero) is 2. The molecule has 23 heteroatoms. The Morgan fingerprint density at radius 1 is 0.785 bits per heavy atom. The van der Waals surface area contributed by atoms with Crippen LogP contribution >= 0.6 is 40.5 Å². The number of hydrogen-bond donors (Lipinski definition) is 1. The molecule has 65 heavy (non-hydrogen) atoms. The SMILES string of the molecule is COC(=O)N[C@H](C(=O)N1CC2(C[C@H]1C(=O)OCC(=O)c1ccc3c(c1)C(F)(F)C(F)(F)c1cc(C(=O)COC(=O)[C@@H]4CCCN4C(=O)OC(C)(C)C)ccc1-3)OCCO2)C(C)C.S.S.S. The Morgan fingerprint density at radius 2 is 1.28 bits per heavy atom. The Hall–Kier alpha value is -4.58. The molecule has 3 atom stereocenters. The first-order valence-corrected chi connectivity index (χ1v) is 19.9. The topological polar surface area (TPSA) is 193 Å². The van der Waals surface area contributed by atoms with Gasteiger partial charge in [-0.1, -0.05) is 38.1 Å². The average Bonchev–Trinajstić information content (AvgIpc) is 3.99. The molecule has 0 saturated carbocycles. The van der Waals surface area contributed by atoms with Crippen molar-refractivity contribution in [1.29, 1.82) is 0 Å². The van der Waals surface area contributed by atoms with Gasteiger partial charge in [-0.3, -0.25) is 19.3 Å². The van der Waals surface area contributed by atoms with E-state index in [1.807, 2.05) is 0 Å². The molecule has 3 amide bonds. The number of nitrogens with one attached hydrogen (secondary N) is 1. The second-order valence-corrected chi connectivity index (χ2v) is 16.7. The number of ether oxygens (including phenoxy) is 6. The summed E-state index contributed by atoms with van der Waals surface area (Å²) in [7, 11) is 1.11. The molecular formula is C42H53F4N3O13S3. The van der Waals surface area contributed by atoms with Crippen LogP contribution in [-0.4, -0.2) is 128 Å². The van der Waals surface area contributed by atoms with E-state index in [0.717, 1.165) is 36.3 Å². The molecule has 3 heterocycles. The monoisotopic (exact) mass is 979 g/mol. The highest BCUT2D eigenvalue weighted by Gasteiger charge is 2.63. The second-order valence-electron chi connectivity index (χ2n) is 16.7. The molecule has 2 aromatic carbocycles. The molecule has 6 rings (SSSR count). The van der Waals surface area contributed by atoms with Crippen molar-refractivity contribution in [3.05, 3.63) is 58.7 Å². The first kappa shape index (κ1) is 54.8. The molecule has 3 fully saturated rings. The van der Waals surface area contributed by atoms with E-state index in [-0.39, 0.29) is 90.8 Å². The van der Waals surface area contributed by atoms with Gasteiger partial charge in [0.25, 0.3) is 0 Å². The third-order valence-corrected chi connectivity index (χ3v) is 10.9. The number of ketones is 2. The fourth-order valence-electron chi connectivity index (χ4n) is 7.81. The number of carbonyl (C=O) groups is 7. The normalized spacial score (nSPS) is 20.2. The summed E-state index contributed by atoms with van der Waals surface area (Å²) >= 11 is 0. The van der Waals surface area contributed by atoms with Gasteiger partial charge >= 0.3 is 36.0 Å². The maximum atomic E-state index is 15.8. The van der Waals surface area contributed by atoms with E-state index in [0.29, 0.717) is 18.6 Å². The van der Waals surface area contributed by atoms with Gasteiger partial charge in [0.15, 0.2) is 30.6 Å². The lowest BCUT2D eigenvalue weighted by Crippen LogP contribution is -2.54. The van der Waals surface area contributed by atoms with Gasteiger partial charge in [-0.15, -0.1) is 0 Å². The molecule has 3 saturated heterocycles. The van der Waals surface area contributed by atoms with Gasteiger partial charge in [-0.25, -0.2) is 19.2 Å². The summed E-state index contributed by atoms with van der Waals surface area (Å²) in [6, 6.07) is 1.90. The van der Waals surface area contributed by atoms with Gasteiger partial charge in [-0.05, 0) is 62.8 Å². The molecule has 0 unspecified atom stereocenters. The predicted molar refractivity (Wildman–Crippen MR) is 236 cm³/mol. The fourth-order valence-corrected chi connectivity index (χ4v) is 7.81. The summed E-state index contributed by atoms with van der Waals surface area (Å²) in [6.45, 7) is 6.62. The lowest BCUT2D eigenvalue weighted by atomic mass is 9.79. The minimum atomic E-state index is -4.91. The second kappa shape index (κ2) is 20.9. The molecule has 1 spiro atoms. The van der Waals surface area contributed by atoms with Crippen LogP contribution in [0.4, 0.5) is 27.2 Å². The highest BCUT2D eigenvalue weighted by Crippen LogP contribution is 2.58. The number of methoxy groups -OCH3 is 1. The Balaban J connectivity index is 0.00000374. The van der Waals surface area contributed by atoms with Crippen LogP contribution in [-0.2, 0) is 54.6 Å². The van der Waals surface area contributed by atoms with Gasteiger partial charge in [0, 0.05) is 35.2 Å². The Morgan fingerprint density at radius 3 is 1.74 bits per heavy atom. The van der Waals surface area contributed by atoms with Crippen LogP contribution in [0.1, 0.15) is 85.7 Å². The number of fused-ring (bicyclic) bond motifs is 3. The Bertz CT molecular complexity index is 2170. The van der Waals surface area contributed by atoms with Crippen LogP contribution in [0.5, 0.6) is 0 Å². The van der Waals surface area contributed by atoms with Crippen molar-refractivity contribution in [2.75, 3.05) is 46.6 Å². The molecule has 1 N–H and O–H groups in total. The zero-order valence-electron chi connectivity index (χ0n) is 36.4. The van der Waals surface area contributed by atoms with Crippen LogP contribution in [0.2, 0.25) is 0 Å². The third-order valence-electron chi connectivity index (χ3n) is 10.9. The molecule has 16 nitrogen and oxygen atoms in total. The van der Waals surface area contributed by atoms with E-state index in [4.69, 9.17) is 23.7 Å². The van der Waals surface area contributed by atoms with Crippen molar-refractivity contribution in [3.8, 4) is 11.1 Å². The maximum absolute atomic E-state index is 15.8. The number of esters is 2. The summed E-state index contributed by atoms with van der Waals surface area (Å²) in [4.78, 5) is 93.3. The lowest BCUT2D eigenvalue weighted by Gasteiger charge is -2.35. The standard InChI is InChI=1S/C42H47F4N3O13.3H2S/c1-22(2)33(47-37(55)57-6)34(52)49-21-40(60-14-15-61-40)18-30(49)36(54)59-20-32(51)24-10-12-26-25-11-9-23(16-27(25)41(43,44)42(45,46)28(26)17-24)31(50)19-58-35(53)29-8-7-13-48(29)38(56)62-39(3,4)5;;;/h9-12,16-17,22,29-30,33H,7-8,13-15,18-21H2,1-6H3,(H,47,55);3*1H2/t29-,30-,33-;;;/m0.../s1. The minimum Gasteiger partial charge on any atom is -0.456 e. The summed E-state index contributed by atoms with van der Waals surface area (Å²) < 4.78 is 95.0. The molecule has 360 valence electrons. The molecule has 0 aromatic heterocycles. The molecule has 0 radical (unpaired) electrons. The van der Waals surface area contributed by atoms with Crippen LogP contribution in [0, 0.1) is 5.92 Å². The minimum absolute atomic E-state index is 0. The summed E-state index contributed by atoms with van der Waals surface area (Å²) in [6.07, 6.45) is -1.15. The Labute approximate surface area is 393 Å². The summed E-state index contributed by atoms with van der Waals surface area (Å²) in [5, 5.41) is 2.43. The van der Waals surface area contributed by atoms with Crippen LogP contribution < -0.4 is 5.32 Å². The van der Waals surface area contributed by atoms with Crippen molar-refractivity contribution >= 4 is 82.1 Å². The number of alkyl halides is 4. The number of hydrogen-bond acceptors (Lipinski definition) is 13. The van der Waals surface area contributed by atoms with Crippen molar-refractivity contribution in [2.24, 2.45) is 5.92 Å². The number of halogens is 4. The van der Waals surface area contributed by atoms with E-state index in [9.17, 15) is 33.6 Å². The number of rotatable bonds is 11. The van der Waals surface area contributed by atoms with E-state index in [1.54, 1.807) is 34.6 Å². The van der Waals surface area contributed by atoms with Gasteiger partial charge < -0.3 is 38.6 Å². The van der Waals surface area contributed by atoms with Gasteiger partial charge in [-0.2, -0.15) is 58.0 Å². The number of nitrogens with zero attached hydrogens (tertiary/aromatic N) is 2. The largest absolute Gasteiger partial charge is 0.456 e. The van der Waals surface area contributed by atoms with E-state index >= 15 is 17.6 Å². The van der Waals surface area contributed by atoms with E-state index < -0.39 is 124 Å². The van der Waals surface area contributed by atoms with Crippen molar-refractivity contribution in [1.82, 2.24) is 15.1 Å². The number of benzene rings is 2. The molecule has 1 aliphatic carbocycles. The number of amides is 3. The van der Waals surface area contributed by atoms with Crippen LogP contribution in [0.25, 0.3) is 11.1 Å². The number of alkyl carbamates (subject to hydrolysis) is 1. The van der Waals surface area contributed by atoms with Gasteiger partial charge in [0.05, 0.1) is 26.9 Å². The Kier molecular flexibility index (Phi) is 17.6. The molecule has 3 aliphatic heterocycles.